The number of morpholine rings is 1. The molecule has 3 atom stereocenters. The van der Waals surface area contributed by atoms with Crippen molar-refractivity contribution in [3.8, 4) is 0 Å². The fourth-order valence-electron chi connectivity index (χ4n) is 3.50. The molecule has 1 aliphatic heterocycles. The highest BCUT2D eigenvalue weighted by atomic mass is 16.5. The van der Waals surface area contributed by atoms with Gasteiger partial charge in [0.25, 0.3) is 0 Å². The van der Waals surface area contributed by atoms with E-state index in [1.165, 1.54) is 5.56 Å². The van der Waals surface area contributed by atoms with Crippen molar-refractivity contribution in [1.82, 2.24) is 4.90 Å². The maximum atomic E-state index is 10.8. The first kappa shape index (κ1) is 14.1. The zero-order chi connectivity index (χ0) is 14.2. The Morgan fingerprint density at radius 2 is 1.85 bits per heavy atom. The molecule has 2 fully saturated rings. The van der Waals surface area contributed by atoms with Crippen LogP contribution < -0.4 is 0 Å². The molecule has 1 aromatic rings. The summed E-state index contributed by atoms with van der Waals surface area (Å²) in [5.74, 6) is 0.932. The zero-order valence-electron chi connectivity index (χ0n) is 12.5. The van der Waals surface area contributed by atoms with Crippen LogP contribution in [0, 0.1) is 5.92 Å². The molecule has 110 valence electrons. The molecule has 0 aromatic heterocycles. The molecule has 1 N–H and O–H groups in total. The molecule has 0 bridgehead atoms. The molecule has 1 saturated carbocycles. The minimum atomic E-state index is -0.272. The number of aliphatic hydroxyl groups excluding tert-OH is 1. The molecule has 3 nitrogen and oxygen atoms in total. The van der Waals surface area contributed by atoms with Crippen molar-refractivity contribution in [2.24, 2.45) is 5.92 Å². The molecular weight excluding hydrogens is 250 g/mol. The van der Waals surface area contributed by atoms with E-state index in [2.05, 4.69) is 49.1 Å². The van der Waals surface area contributed by atoms with Crippen molar-refractivity contribution in [2.75, 3.05) is 26.3 Å². The van der Waals surface area contributed by atoms with Gasteiger partial charge >= 0.3 is 0 Å². The second-order valence-electron chi connectivity index (χ2n) is 6.61. The van der Waals surface area contributed by atoms with E-state index in [4.69, 9.17) is 4.74 Å². The summed E-state index contributed by atoms with van der Waals surface area (Å²) in [6.07, 6.45) is 0.838. The van der Waals surface area contributed by atoms with Crippen LogP contribution in [0.3, 0.4) is 0 Å². The number of rotatable bonds is 4. The maximum absolute atomic E-state index is 10.8. The number of nitrogens with zero attached hydrogens (tertiary/aromatic N) is 1. The van der Waals surface area contributed by atoms with Gasteiger partial charge in [-0.05, 0) is 37.7 Å². The Kier molecular flexibility index (Phi) is 3.85. The van der Waals surface area contributed by atoms with Crippen LogP contribution in [-0.2, 0) is 4.74 Å². The van der Waals surface area contributed by atoms with Crippen LogP contribution in [0.5, 0.6) is 0 Å². The van der Waals surface area contributed by atoms with Gasteiger partial charge in [0.1, 0.15) is 0 Å². The Morgan fingerprint density at radius 1 is 1.20 bits per heavy atom. The second-order valence-corrected chi connectivity index (χ2v) is 6.61. The highest BCUT2D eigenvalue weighted by molar-refractivity contribution is 5.27. The lowest BCUT2D eigenvalue weighted by Crippen LogP contribution is -2.57. The van der Waals surface area contributed by atoms with Gasteiger partial charge in [-0.15, -0.1) is 0 Å². The van der Waals surface area contributed by atoms with Gasteiger partial charge < -0.3 is 9.84 Å². The maximum Gasteiger partial charge on any atom is 0.0752 e. The molecule has 20 heavy (non-hydrogen) atoms. The summed E-state index contributed by atoms with van der Waals surface area (Å²) in [4.78, 5) is 2.38. The Balaban J connectivity index is 1.66. The average Bonchev–Trinajstić information content (AvgIpc) is 3.28. The summed E-state index contributed by atoms with van der Waals surface area (Å²) in [5.41, 5.74) is 1.20. The molecule has 1 aliphatic carbocycles. The van der Waals surface area contributed by atoms with E-state index in [9.17, 15) is 5.11 Å². The van der Waals surface area contributed by atoms with Gasteiger partial charge in [0, 0.05) is 18.6 Å². The predicted octanol–water partition coefficient (Wildman–Crippen LogP) is 2.26. The van der Waals surface area contributed by atoms with Gasteiger partial charge in [-0.25, -0.2) is 0 Å². The third-order valence-electron chi connectivity index (χ3n) is 5.02. The van der Waals surface area contributed by atoms with E-state index < -0.39 is 0 Å². The SMILES string of the molecule is CC(C)(C(O)C1CC1c1ccccc1)N1CCOCC1. The quantitative estimate of drug-likeness (QED) is 0.915. The van der Waals surface area contributed by atoms with Crippen LogP contribution in [0.2, 0.25) is 0 Å². The van der Waals surface area contributed by atoms with Crippen LogP contribution in [0.15, 0.2) is 30.3 Å². The molecule has 1 heterocycles. The van der Waals surface area contributed by atoms with Gasteiger partial charge in [0.05, 0.1) is 19.3 Å². The van der Waals surface area contributed by atoms with Crippen LogP contribution in [0.25, 0.3) is 0 Å². The van der Waals surface area contributed by atoms with Crippen molar-refractivity contribution in [3.63, 3.8) is 0 Å². The lowest BCUT2D eigenvalue weighted by Gasteiger charge is -2.44. The summed E-state index contributed by atoms with van der Waals surface area (Å²) in [5, 5.41) is 10.8. The smallest absolute Gasteiger partial charge is 0.0752 e. The van der Waals surface area contributed by atoms with Crippen molar-refractivity contribution >= 4 is 0 Å². The summed E-state index contributed by atoms with van der Waals surface area (Å²) < 4.78 is 5.42. The third-order valence-corrected chi connectivity index (χ3v) is 5.02. The van der Waals surface area contributed by atoms with Crippen LogP contribution in [0.4, 0.5) is 0 Å². The van der Waals surface area contributed by atoms with Crippen LogP contribution in [0.1, 0.15) is 31.7 Å². The first-order chi connectivity index (χ1) is 9.60. The highest BCUT2D eigenvalue weighted by Crippen LogP contribution is 2.52. The van der Waals surface area contributed by atoms with Gasteiger partial charge in [0.2, 0.25) is 0 Å². The zero-order valence-corrected chi connectivity index (χ0v) is 12.5. The summed E-state index contributed by atoms with van der Waals surface area (Å²) >= 11 is 0. The Labute approximate surface area is 121 Å². The molecule has 3 heteroatoms. The van der Waals surface area contributed by atoms with Crippen LogP contribution in [-0.4, -0.2) is 48.0 Å². The number of ether oxygens (including phenoxy) is 1. The van der Waals surface area contributed by atoms with Crippen molar-refractivity contribution in [2.45, 2.75) is 37.8 Å². The monoisotopic (exact) mass is 275 g/mol. The normalized spacial score (nSPS) is 29.1. The van der Waals surface area contributed by atoms with Gasteiger partial charge in [0.15, 0.2) is 0 Å². The van der Waals surface area contributed by atoms with E-state index >= 15 is 0 Å². The van der Waals surface area contributed by atoms with E-state index in [1.54, 1.807) is 0 Å². The topological polar surface area (TPSA) is 32.7 Å². The molecule has 1 aromatic carbocycles. The largest absolute Gasteiger partial charge is 0.391 e. The summed E-state index contributed by atoms with van der Waals surface area (Å²) in [6, 6.07) is 10.6. The van der Waals surface area contributed by atoms with Gasteiger partial charge in [-0.2, -0.15) is 0 Å². The number of benzene rings is 1. The molecule has 2 aliphatic rings. The fraction of sp³-hybridized carbons (Fsp3) is 0.647. The fourth-order valence-corrected chi connectivity index (χ4v) is 3.50. The number of hydrogen-bond donors (Lipinski definition) is 1. The minimum Gasteiger partial charge on any atom is -0.391 e. The predicted molar refractivity (Wildman–Crippen MR) is 79.8 cm³/mol. The Hall–Kier alpha value is -0.900. The molecular formula is C17H25NO2. The first-order valence-corrected chi connectivity index (χ1v) is 7.66. The lowest BCUT2D eigenvalue weighted by molar-refractivity contribution is -0.0688. The second kappa shape index (κ2) is 5.47. The van der Waals surface area contributed by atoms with E-state index in [-0.39, 0.29) is 11.6 Å². The number of aliphatic hydroxyl groups is 1. The molecule has 0 radical (unpaired) electrons. The van der Waals surface area contributed by atoms with E-state index in [1.807, 2.05) is 0 Å². The Bertz CT molecular complexity index is 440. The molecule has 1 saturated heterocycles. The lowest BCUT2D eigenvalue weighted by atomic mass is 9.89. The van der Waals surface area contributed by atoms with E-state index in [0.29, 0.717) is 11.8 Å². The van der Waals surface area contributed by atoms with Crippen molar-refractivity contribution in [1.29, 1.82) is 0 Å². The third kappa shape index (κ3) is 2.62. The molecule has 3 unspecified atom stereocenters. The highest BCUT2D eigenvalue weighted by Gasteiger charge is 2.50. The summed E-state index contributed by atoms with van der Waals surface area (Å²) in [7, 11) is 0. The van der Waals surface area contributed by atoms with E-state index in [0.717, 1.165) is 32.7 Å². The van der Waals surface area contributed by atoms with Gasteiger partial charge in [-0.3, -0.25) is 4.90 Å². The molecule has 3 rings (SSSR count). The molecule has 0 spiro atoms. The molecule has 0 amide bonds. The summed E-state index contributed by atoms with van der Waals surface area (Å²) in [6.45, 7) is 7.75. The number of hydrogen-bond acceptors (Lipinski definition) is 3. The van der Waals surface area contributed by atoms with Gasteiger partial charge in [-0.1, -0.05) is 30.3 Å². The average molecular weight is 275 g/mol. The standard InChI is InChI=1S/C17H25NO2/c1-17(2,18-8-10-20-11-9-18)16(19)15-12-14(15)13-6-4-3-5-7-13/h3-7,14-16,19H,8-12H2,1-2H3. The van der Waals surface area contributed by atoms with Crippen molar-refractivity contribution < 1.29 is 9.84 Å². The Morgan fingerprint density at radius 3 is 2.50 bits per heavy atom. The minimum absolute atomic E-state index is 0.169. The van der Waals surface area contributed by atoms with Crippen molar-refractivity contribution in [3.05, 3.63) is 35.9 Å². The van der Waals surface area contributed by atoms with Crippen LogP contribution >= 0.6 is 0 Å². The first-order valence-electron chi connectivity index (χ1n) is 7.66.